The minimum Gasteiger partial charge on any atom is -0.457 e. The lowest BCUT2D eigenvalue weighted by Gasteiger charge is -2.23. The lowest BCUT2D eigenvalue weighted by molar-refractivity contribution is -0.146. The average Bonchev–Trinajstić information content (AvgIpc) is 3.08. The summed E-state index contributed by atoms with van der Waals surface area (Å²) < 4.78 is 20.2. The molecular formula is C26H28ClNO7. The van der Waals surface area contributed by atoms with Crippen molar-refractivity contribution in [1.82, 2.24) is 5.32 Å². The van der Waals surface area contributed by atoms with Gasteiger partial charge in [-0.2, -0.15) is 0 Å². The van der Waals surface area contributed by atoms with Crippen LogP contribution in [-0.2, 0) is 27.3 Å². The van der Waals surface area contributed by atoms with Crippen molar-refractivity contribution >= 4 is 23.7 Å². The van der Waals surface area contributed by atoms with Crippen LogP contribution in [0.5, 0.6) is 0 Å². The van der Waals surface area contributed by atoms with Crippen LogP contribution in [0.1, 0.15) is 44.3 Å². The fourth-order valence-corrected chi connectivity index (χ4v) is 3.54. The molecule has 0 saturated heterocycles. The Morgan fingerprint density at radius 2 is 1.77 bits per heavy atom. The van der Waals surface area contributed by atoms with E-state index in [1.54, 1.807) is 20.8 Å². The molecule has 1 N–H and O–H groups in total. The molecule has 0 aliphatic rings. The van der Waals surface area contributed by atoms with Crippen molar-refractivity contribution in [2.75, 3.05) is 0 Å². The Hall–Kier alpha value is -3.52. The van der Waals surface area contributed by atoms with E-state index in [4.69, 9.17) is 29.9 Å². The number of amides is 1. The maximum absolute atomic E-state index is 12.5. The first-order chi connectivity index (χ1) is 16.5. The van der Waals surface area contributed by atoms with E-state index in [0.29, 0.717) is 11.4 Å². The molecule has 1 heterocycles. The van der Waals surface area contributed by atoms with Gasteiger partial charge in [0.15, 0.2) is 18.1 Å². The van der Waals surface area contributed by atoms with E-state index in [-0.39, 0.29) is 24.5 Å². The van der Waals surface area contributed by atoms with Gasteiger partial charge in [0.05, 0.1) is 6.42 Å². The molecule has 0 aliphatic heterocycles. The lowest BCUT2D eigenvalue weighted by atomic mass is 9.99. The highest BCUT2D eigenvalue weighted by molar-refractivity contribution is 6.30. The van der Waals surface area contributed by atoms with Gasteiger partial charge in [-0.25, -0.2) is 9.59 Å². The third kappa shape index (κ3) is 8.33. The van der Waals surface area contributed by atoms with Crippen LogP contribution in [0.4, 0.5) is 4.79 Å². The first-order valence-electron chi connectivity index (χ1n) is 11.1. The van der Waals surface area contributed by atoms with Gasteiger partial charge >= 0.3 is 17.9 Å². The minimum absolute atomic E-state index is 0.115. The molecule has 0 bridgehead atoms. The minimum atomic E-state index is -0.862. The fourth-order valence-electron chi connectivity index (χ4n) is 3.35. The summed E-state index contributed by atoms with van der Waals surface area (Å²) in [5, 5.41) is 3.40. The van der Waals surface area contributed by atoms with Crippen LogP contribution in [0.15, 0.2) is 62.2 Å². The molecule has 0 fully saturated rings. The van der Waals surface area contributed by atoms with Gasteiger partial charge in [-0.15, -0.1) is 0 Å². The summed E-state index contributed by atoms with van der Waals surface area (Å²) in [5.74, 6) is -1.06. The first kappa shape index (κ1) is 26.1. The predicted octanol–water partition coefficient (Wildman–Crippen LogP) is 5.43. The van der Waals surface area contributed by atoms with Gasteiger partial charge < -0.3 is 23.6 Å². The number of benzene rings is 2. The van der Waals surface area contributed by atoms with E-state index >= 15 is 0 Å². The summed E-state index contributed by atoms with van der Waals surface area (Å²) in [7, 11) is 0. The Morgan fingerprint density at radius 3 is 2.37 bits per heavy atom. The third-order valence-corrected chi connectivity index (χ3v) is 5.16. The number of esters is 1. The first-order valence-corrected chi connectivity index (χ1v) is 11.5. The molecule has 0 radical (unpaired) electrons. The highest BCUT2D eigenvalue weighted by Crippen LogP contribution is 2.23. The maximum atomic E-state index is 12.5. The number of ether oxygens (including phenoxy) is 2. The monoisotopic (exact) mass is 501 g/mol. The van der Waals surface area contributed by atoms with Crippen molar-refractivity contribution in [2.24, 2.45) is 0 Å². The molecular weight excluding hydrogens is 474 g/mol. The molecule has 0 unspecified atom stereocenters. The molecule has 3 aromatic rings. The van der Waals surface area contributed by atoms with Gasteiger partial charge in [-0.1, -0.05) is 48.0 Å². The van der Waals surface area contributed by atoms with Crippen molar-refractivity contribution in [3.05, 3.63) is 81.3 Å². The van der Waals surface area contributed by atoms with Crippen molar-refractivity contribution in [3.8, 4) is 11.1 Å². The zero-order valence-corrected chi connectivity index (χ0v) is 20.8. The Balaban J connectivity index is 1.68. The average molecular weight is 502 g/mol. The van der Waals surface area contributed by atoms with Crippen LogP contribution in [0.25, 0.3) is 11.1 Å². The van der Waals surface area contributed by atoms with Crippen molar-refractivity contribution in [3.63, 3.8) is 0 Å². The number of hydrogen-bond donors (Lipinski definition) is 1. The summed E-state index contributed by atoms with van der Waals surface area (Å²) in [5.41, 5.74) is 2.19. The molecule has 0 aliphatic carbocycles. The van der Waals surface area contributed by atoms with E-state index in [0.717, 1.165) is 16.7 Å². The molecule has 35 heavy (non-hydrogen) atoms. The van der Waals surface area contributed by atoms with Crippen LogP contribution in [-0.4, -0.2) is 23.7 Å². The van der Waals surface area contributed by atoms with Crippen LogP contribution >= 0.6 is 11.6 Å². The van der Waals surface area contributed by atoms with Gasteiger partial charge in [0.25, 0.3) is 0 Å². The summed E-state index contributed by atoms with van der Waals surface area (Å²) in [6, 6.07) is 14.7. The zero-order valence-electron chi connectivity index (χ0n) is 20.1. The number of nitrogens with one attached hydrogen (secondary N) is 1. The second-order valence-electron chi connectivity index (χ2n) is 9.05. The molecule has 2 aromatic carbocycles. The van der Waals surface area contributed by atoms with E-state index in [1.165, 1.54) is 6.92 Å². The molecule has 1 aromatic heterocycles. The molecule has 9 heteroatoms. The number of aryl methyl sites for hydroxylation is 1. The zero-order chi connectivity index (χ0) is 25.6. The van der Waals surface area contributed by atoms with Crippen molar-refractivity contribution in [1.29, 1.82) is 0 Å². The second kappa shape index (κ2) is 11.3. The summed E-state index contributed by atoms with van der Waals surface area (Å²) in [6.45, 7) is 6.56. The number of carbonyl (C=O) groups excluding carboxylic acids is 2. The van der Waals surface area contributed by atoms with Crippen LogP contribution in [0.2, 0.25) is 5.02 Å². The Bertz CT molecular complexity index is 1220. The predicted molar refractivity (Wildman–Crippen MR) is 130 cm³/mol. The molecule has 8 nitrogen and oxygen atoms in total. The molecule has 3 rings (SSSR count). The quantitative estimate of drug-likeness (QED) is 0.410. The summed E-state index contributed by atoms with van der Waals surface area (Å²) in [4.78, 5) is 36.0. The van der Waals surface area contributed by atoms with E-state index in [1.807, 2.05) is 48.5 Å². The largest absolute Gasteiger partial charge is 0.519 e. The molecule has 0 saturated carbocycles. The van der Waals surface area contributed by atoms with Crippen LogP contribution in [0, 0.1) is 6.92 Å². The van der Waals surface area contributed by atoms with E-state index < -0.39 is 29.5 Å². The van der Waals surface area contributed by atoms with Crippen molar-refractivity contribution < 1.29 is 27.9 Å². The SMILES string of the molecule is Cc1oc(=O)oc1COC(=O)C[C@@H](Cc1ccc(-c2cccc(Cl)c2)cc1)NC(=O)OC(C)(C)C. The van der Waals surface area contributed by atoms with Gasteiger partial charge in [0, 0.05) is 11.1 Å². The Labute approximate surface area is 208 Å². The van der Waals surface area contributed by atoms with Crippen LogP contribution < -0.4 is 11.1 Å². The van der Waals surface area contributed by atoms with Crippen molar-refractivity contribution in [2.45, 2.75) is 58.8 Å². The van der Waals surface area contributed by atoms with E-state index in [2.05, 4.69) is 5.32 Å². The van der Waals surface area contributed by atoms with Crippen LogP contribution in [0.3, 0.4) is 0 Å². The third-order valence-electron chi connectivity index (χ3n) is 4.93. The van der Waals surface area contributed by atoms with Gasteiger partial charge in [-0.3, -0.25) is 4.79 Å². The Morgan fingerprint density at radius 1 is 1.06 bits per heavy atom. The maximum Gasteiger partial charge on any atom is 0.519 e. The second-order valence-corrected chi connectivity index (χ2v) is 9.49. The van der Waals surface area contributed by atoms with E-state index in [9.17, 15) is 14.4 Å². The summed E-state index contributed by atoms with van der Waals surface area (Å²) in [6.07, 6.45) is -0.386. The summed E-state index contributed by atoms with van der Waals surface area (Å²) >= 11 is 6.09. The fraction of sp³-hybridized carbons (Fsp3) is 0.346. The topological polar surface area (TPSA) is 108 Å². The number of hydrogen-bond acceptors (Lipinski definition) is 7. The highest BCUT2D eigenvalue weighted by Gasteiger charge is 2.23. The lowest BCUT2D eigenvalue weighted by Crippen LogP contribution is -2.41. The van der Waals surface area contributed by atoms with Gasteiger partial charge in [0.1, 0.15) is 5.60 Å². The number of halogens is 1. The molecule has 0 spiro atoms. The number of rotatable bonds is 8. The number of carbonyl (C=O) groups is 2. The standard InChI is InChI=1S/C26H28ClNO7/c1-16-22(34-25(31)33-16)15-32-23(29)14-21(28-24(30)35-26(2,3)4)12-17-8-10-18(11-9-17)19-6-5-7-20(27)13-19/h5-11,13,21H,12,14-15H2,1-4H3,(H,28,30)/t21-/m1/s1. The normalized spacial score (nSPS) is 12.1. The Kier molecular flexibility index (Phi) is 8.40. The number of alkyl carbamates (subject to hydrolysis) is 1. The van der Waals surface area contributed by atoms with Gasteiger partial charge in [-0.05, 0) is 62.9 Å². The molecule has 1 atom stereocenters. The smallest absolute Gasteiger partial charge is 0.457 e. The molecule has 186 valence electrons. The molecule has 1 amide bonds. The highest BCUT2D eigenvalue weighted by atomic mass is 35.5. The van der Waals surface area contributed by atoms with Gasteiger partial charge in [0.2, 0.25) is 0 Å².